The van der Waals surface area contributed by atoms with Gasteiger partial charge in [0.25, 0.3) is 10.2 Å². The Morgan fingerprint density at radius 1 is 1.26 bits per heavy atom. The van der Waals surface area contributed by atoms with Crippen molar-refractivity contribution in [2.45, 2.75) is 38.1 Å². The summed E-state index contributed by atoms with van der Waals surface area (Å²) in [6, 6.07) is -0.0474. The molecule has 0 bridgehead atoms. The van der Waals surface area contributed by atoms with Crippen LogP contribution in [-0.4, -0.2) is 51.6 Å². The number of hydrogen-bond donors (Lipinski definition) is 2. The molecule has 3 N–H and O–H groups in total. The zero-order chi connectivity index (χ0) is 13.7. The third kappa shape index (κ3) is 4.13. The molecule has 2 fully saturated rings. The second kappa shape index (κ2) is 6.99. The summed E-state index contributed by atoms with van der Waals surface area (Å²) in [7, 11) is -3.40. The molecule has 0 aliphatic carbocycles. The molecule has 0 aromatic heterocycles. The molecule has 0 radical (unpaired) electrons. The lowest BCUT2D eigenvalue weighted by Gasteiger charge is -2.34. The molecule has 19 heavy (non-hydrogen) atoms. The van der Waals surface area contributed by atoms with Crippen molar-refractivity contribution in [3.8, 4) is 0 Å². The molecular formula is C12H25N3O3S. The number of nitrogens with one attached hydrogen (secondary N) is 1. The topological polar surface area (TPSA) is 84.7 Å². The summed E-state index contributed by atoms with van der Waals surface area (Å²) in [6.07, 6.45) is 4.89. The zero-order valence-corrected chi connectivity index (χ0v) is 12.2. The summed E-state index contributed by atoms with van der Waals surface area (Å²) >= 11 is 0. The van der Waals surface area contributed by atoms with Gasteiger partial charge in [-0.15, -0.1) is 0 Å². The predicted octanol–water partition coefficient (Wildman–Crippen LogP) is 0.0606. The maximum Gasteiger partial charge on any atom is 0.279 e. The molecular weight excluding hydrogens is 266 g/mol. The van der Waals surface area contributed by atoms with Crippen LogP contribution >= 0.6 is 0 Å². The summed E-state index contributed by atoms with van der Waals surface area (Å²) in [5.41, 5.74) is 5.68. The van der Waals surface area contributed by atoms with Crippen LogP contribution in [0.15, 0.2) is 0 Å². The summed E-state index contributed by atoms with van der Waals surface area (Å²) < 4.78 is 34.3. The first-order valence-electron chi connectivity index (χ1n) is 7.17. The van der Waals surface area contributed by atoms with E-state index < -0.39 is 10.2 Å². The highest BCUT2D eigenvalue weighted by atomic mass is 32.2. The number of nitrogens with two attached hydrogens (primary N) is 1. The van der Waals surface area contributed by atoms with Crippen LogP contribution < -0.4 is 10.5 Å². The van der Waals surface area contributed by atoms with Gasteiger partial charge in [-0.2, -0.15) is 12.7 Å². The fourth-order valence-corrected chi connectivity index (χ4v) is 4.37. The molecule has 0 spiro atoms. The van der Waals surface area contributed by atoms with Crippen molar-refractivity contribution < 1.29 is 13.2 Å². The van der Waals surface area contributed by atoms with Gasteiger partial charge in [-0.25, -0.2) is 4.72 Å². The first kappa shape index (κ1) is 15.2. The van der Waals surface area contributed by atoms with Gasteiger partial charge in [-0.1, -0.05) is 6.42 Å². The summed E-state index contributed by atoms with van der Waals surface area (Å²) in [5, 5.41) is 0. The molecule has 0 aromatic carbocycles. The minimum atomic E-state index is -3.40. The molecule has 0 aromatic rings. The van der Waals surface area contributed by atoms with Crippen LogP contribution in [0.3, 0.4) is 0 Å². The van der Waals surface area contributed by atoms with E-state index in [0.717, 1.165) is 38.7 Å². The molecule has 2 heterocycles. The van der Waals surface area contributed by atoms with E-state index in [2.05, 4.69) is 4.72 Å². The van der Waals surface area contributed by atoms with Crippen molar-refractivity contribution in [1.82, 2.24) is 9.03 Å². The Hall–Kier alpha value is -0.210. The van der Waals surface area contributed by atoms with E-state index in [9.17, 15) is 8.42 Å². The Morgan fingerprint density at radius 3 is 2.79 bits per heavy atom. The molecule has 7 heteroatoms. The molecule has 2 rings (SSSR count). The molecule has 2 atom stereocenters. The van der Waals surface area contributed by atoms with E-state index >= 15 is 0 Å². The standard InChI is InChI=1S/C12H25N3O3S/c13-8-12-5-1-2-6-15(12)19(16,17)14-9-11-4-3-7-18-10-11/h11-12,14H,1-10,13H2. The van der Waals surface area contributed by atoms with Crippen LogP contribution in [-0.2, 0) is 14.9 Å². The molecule has 0 saturated carbocycles. The summed E-state index contributed by atoms with van der Waals surface area (Å²) in [4.78, 5) is 0. The Balaban J connectivity index is 1.89. The lowest BCUT2D eigenvalue weighted by Crippen LogP contribution is -2.52. The molecule has 2 unspecified atom stereocenters. The summed E-state index contributed by atoms with van der Waals surface area (Å²) in [5.74, 6) is 0.296. The second-order valence-corrected chi connectivity index (χ2v) is 7.14. The predicted molar refractivity (Wildman–Crippen MR) is 73.9 cm³/mol. The lowest BCUT2D eigenvalue weighted by molar-refractivity contribution is 0.0565. The average Bonchev–Trinajstić information content (AvgIpc) is 2.46. The van der Waals surface area contributed by atoms with E-state index in [0.29, 0.717) is 32.2 Å². The van der Waals surface area contributed by atoms with Gasteiger partial charge >= 0.3 is 0 Å². The Morgan fingerprint density at radius 2 is 2.11 bits per heavy atom. The highest BCUT2D eigenvalue weighted by molar-refractivity contribution is 7.87. The van der Waals surface area contributed by atoms with Crippen molar-refractivity contribution >= 4 is 10.2 Å². The Labute approximate surface area is 115 Å². The van der Waals surface area contributed by atoms with E-state index in [4.69, 9.17) is 10.5 Å². The van der Waals surface area contributed by atoms with E-state index in [1.165, 1.54) is 0 Å². The monoisotopic (exact) mass is 291 g/mol. The van der Waals surface area contributed by atoms with Crippen molar-refractivity contribution in [2.24, 2.45) is 11.7 Å². The molecule has 0 amide bonds. The third-order valence-electron chi connectivity index (χ3n) is 3.96. The third-order valence-corrected chi connectivity index (χ3v) is 5.59. The van der Waals surface area contributed by atoms with Crippen LogP contribution in [0, 0.1) is 5.92 Å². The SMILES string of the molecule is NCC1CCCCN1S(=O)(=O)NCC1CCCOC1. The minimum Gasteiger partial charge on any atom is -0.381 e. The smallest absolute Gasteiger partial charge is 0.279 e. The van der Waals surface area contributed by atoms with Crippen LogP contribution in [0.2, 0.25) is 0 Å². The van der Waals surface area contributed by atoms with Crippen molar-refractivity contribution in [2.75, 3.05) is 32.8 Å². The maximum absolute atomic E-state index is 12.3. The van der Waals surface area contributed by atoms with Gasteiger partial charge in [-0.3, -0.25) is 0 Å². The number of ether oxygens (including phenoxy) is 1. The van der Waals surface area contributed by atoms with Gasteiger partial charge in [-0.05, 0) is 31.6 Å². The van der Waals surface area contributed by atoms with Gasteiger partial charge in [0, 0.05) is 32.3 Å². The number of piperidine rings is 1. The van der Waals surface area contributed by atoms with Crippen LogP contribution in [0.1, 0.15) is 32.1 Å². The molecule has 6 nitrogen and oxygen atoms in total. The van der Waals surface area contributed by atoms with Crippen LogP contribution in [0.25, 0.3) is 0 Å². The van der Waals surface area contributed by atoms with E-state index in [1.807, 2.05) is 0 Å². The fourth-order valence-electron chi connectivity index (χ4n) is 2.80. The molecule has 112 valence electrons. The highest BCUT2D eigenvalue weighted by Gasteiger charge is 2.31. The van der Waals surface area contributed by atoms with Crippen LogP contribution in [0.4, 0.5) is 0 Å². The van der Waals surface area contributed by atoms with Gasteiger partial charge in [0.2, 0.25) is 0 Å². The number of nitrogens with zero attached hydrogens (tertiary/aromatic N) is 1. The van der Waals surface area contributed by atoms with Crippen molar-refractivity contribution in [1.29, 1.82) is 0 Å². The summed E-state index contributed by atoms with van der Waals surface area (Å²) in [6.45, 7) is 2.90. The van der Waals surface area contributed by atoms with Crippen molar-refractivity contribution in [3.05, 3.63) is 0 Å². The fraction of sp³-hybridized carbons (Fsp3) is 1.00. The Bertz CT molecular complexity index is 368. The van der Waals surface area contributed by atoms with Gasteiger partial charge in [0.1, 0.15) is 0 Å². The molecule has 2 aliphatic heterocycles. The lowest BCUT2D eigenvalue weighted by atomic mass is 10.0. The van der Waals surface area contributed by atoms with Gasteiger partial charge in [0.05, 0.1) is 6.61 Å². The maximum atomic E-state index is 12.3. The largest absolute Gasteiger partial charge is 0.381 e. The normalized spacial score (nSPS) is 30.4. The van der Waals surface area contributed by atoms with E-state index in [-0.39, 0.29) is 6.04 Å². The van der Waals surface area contributed by atoms with Crippen molar-refractivity contribution in [3.63, 3.8) is 0 Å². The average molecular weight is 291 g/mol. The number of hydrogen-bond acceptors (Lipinski definition) is 4. The second-order valence-electron chi connectivity index (χ2n) is 5.43. The Kier molecular flexibility index (Phi) is 5.58. The zero-order valence-electron chi connectivity index (χ0n) is 11.4. The van der Waals surface area contributed by atoms with Gasteiger partial charge < -0.3 is 10.5 Å². The molecule has 2 saturated heterocycles. The quantitative estimate of drug-likeness (QED) is 0.750. The van der Waals surface area contributed by atoms with Crippen LogP contribution in [0.5, 0.6) is 0 Å². The highest BCUT2D eigenvalue weighted by Crippen LogP contribution is 2.19. The first-order valence-corrected chi connectivity index (χ1v) is 8.61. The first-order chi connectivity index (χ1) is 9.13. The van der Waals surface area contributed by atoms with E-state index in [1.54, 1.807) is 4.31 Å². The van der Waals surface area contributed by atoms with Gasteiger partial charge in [0.15, 0.2) is 0 Å². The number of rotatable bonds is 5. The molecule has 2 aliphatic rings. The minimum absolute atomic E-state index is 0.0474.